The molecule has 24 heavy (non-hydrogen) atoms. The second-order valence-electron chi connectivity index (χ2n) is 7.03. The smallest absolute Gasteiger partial charge is 0.00997 e. The minimum atomic E-state index is 0.502. The van der Waals surface area contributed by atoms with E-state index in [-0.39, 0.29) is 0 Å². The first-order chi connectivity index (χ1) is 11.6. The molecule has 3 rings (SSSR count). The van der Waals surface area contributed by atoms with Crippen LogP contribution in [0.5, 0.6) is 0 Å². The first-order valence-electron chi connectivity index (χ1n) is 8.87. The summed E-state index contributed by atoms with van der Waals surface area (Å²) in [5.74, 6) is 1.00. The van der Waals surface area contributed by atoms with Gasteiger partial charge in [-0.05, 0) is 45.2 Å². The zero-order valence-electron chi connectivity index (χ0n) is 15.1. The van der Waals surface area contributed by atoms with Crippen LogP contribution in [0.4, 0.5) is 0 Å². The van der Waals surface area contributed by atoms with E-state index in [2.05, 4.69) is 100 Å². The Morgan fingerprint density at radius 1 is 0.500 bits per heavy atom. The van der Waals surface area contributed by atoms with E-state index in [9.17, 15) is 0 Å². The van der Waals surface area contributed by atoms with Crippen molar-refractivity contribution in [2.75, 3.05) is 0 Å². The first-order valence-corrected chi connectivity index (χ1v) is 8.87. The van der Waals surface area contributed by atoms with Crippen molar-refractivity contribution in [3.63, 3.8) is 0 Å². The van der Waals surface area contributed by atoms with Crippen LogP contribution in [0.2, 0.25) is 0 Å². The van der Waals surface area contributed by atoms with E-state index in [0.717, 1.165) is 0 Å². The first kappa shape index (κ1) is 16.5. The van der Waals surface area contributed by atoms with Crippen molar-refractivity contribution in [3.8, 4) is 22.3 Å². The summed E-state index contributed by atoms with van der Waals surface area (Å²) in [6, 6.07) is 26.3. The van der Waals surface area contributed by atoms with Gasteiger partial charge < -0.3 is 0 Å². The lowest BCUT2D eigenvalue weighted by atomic mass is 9.82. The Hall–Kier alpha value is -2.34. The predicted molar refractivity (Wildman–Crippen MR) is 105 cm³/mol. The maximum absolute atomic E-state index is 2.29. The van der Waals surface area contributed by atoms with Gasteiger partial charge in [-0.2, -0.15) is 0 Å². The van der Waals surface area contributed by atoms with Crippen molar-refractivity contribution in [1.29, 1.82) is 0 Å². The molecule has 122 valence electrons. The van der Waals surface area contributed by atoms with Gasteiger partial charge in [0.05, 0.1) is 0 Å². The third kappa shape index (κ3) is 3.14. The molecule has 0 saturated carbocycles. The Morgan fingerprint density at radius 3 is 1.54 bits per heavy atom. The molecule has 0 aliphatic rings. The van der Waals surface area contributed by atoms with Gasteiger partial charge in [-0.1, -0.05) is 100 Å². The molecule has 0 saturated heterocycles. The summed E-state index contributed by atoms with van der Waals surface area (Å²) in [5.41, 5.74) is 8.22. The van der Waals surface area contributed by atoms with Gasteiger partial charge in [0.1, 0.15) is 0 Å². The summed E-state index contributed by atoms with van der Waals surface area (Å²) in [5, 5.41) is 0. The van der Waals surface area contributed by atoms with Gasteiger partial charge >= 0.3 is 0 Å². The van der Waals surface area contributed by atoms with E-state index in [1.165, 1.54) is 33.4 Å². The highest BCUT2D eigenvalue weighted by atomic mass is 14.2. The second kappa shape index (κ2) is 7.05. The van der Waals surface area contributed by atoms with E-state index in [4.69, 9.17) is 0 Å². The molecule has 0 heteroatoms. The normalized spacial score (nSPS) is 11.2. The van der Waals surface area contributed by atoms with E-state index < -0.39 is 0 Å². The Labute approximate surface area is 146 Å². The maximum atomic E-state index is 2.29. The topological polar surface area (TPSA) is 0 Å². The number of hydrogen-bond acceptors (Lipinski definition) is 0. The van der Waals surface area contributed by atoms with Crippen molar-refractivity contribution in [2.24, 2.45) is 0 Å². The van der Waals surface area contributed by atoms with Gasteiger partial charge in [-0.3, -0.25) is 0 Å². The van der Waals surface area contributed by atoms with E-state index in [1.54, 1.807) is 0 Å². The highest BCUT2D eigenvalue weighted by molar-refractivity contribution is 5.86. The fraction of sp³-hybridized carbons (Fsp3) is 0.250. The van der Waals surface area contributed by atoms with Crippen LogP contribution in [0.25, 0.3) is 22.3 Å². The summed E-state index contributed by atoms with van der Waals surface area (Å²) in [4.78, 5) is 0. The van der Waals surface area contributed by atoms with Crippen LogP contribution in [-0.2, 0) is 0 Å². The van der Waals surface area contributed by atoms with Gasteiger partial charge in [-0.25, -0.2) is 0 Å². The lowest BCUT2D eigenvalue weighted by molar-refractivity contribution is 0.838. The van der Waals surface area contributed by atoms with Crippen LogP contribution < -0.4 is 0 Å². The number of rotatable bonds is 4. The van der Waals surface area contributed by atoms with Gasteiger partial charge in [0.25, 0.3) is 0 Å². The van der Waals surface area contributed by atoms with E-state index in [0.29, 0.717) is 11.8 Å². The molecule has 0 aliphatic carbocycles. The van der Waals surface area contributed by atoms with Crippen LogP contribution in [0, 0.1) is 0 Å². The van der Waals surface area contributed by atoms with Gasteiger partial charge in [0, 0.05) is 0 Å². The van der Waals surface area contributed by atoms with Crippen molar-refractivity contribution >= 4 is 0 Å². The molecule has 0 radical (unpaired) electrons. The van der Waals surface area contributed by atoms with Crippen LogP contribution in [0.1, 0.15) is 50.7 Å². The molecule has 0 amide bonds. The minimum absolute atomic E-state index is 0.502. The highest BCUT2D eigenvalue weighted by Gasteiger charge is 2.18. The zero-order chi connectivity index (χ0) is 17.1. The predicted octanol–water partition coefficient (Wildman–Crippen LogP) is 7.27. The zero-order valence-corrected chi connectivity index (χ0v) is 15.1. The Morgan fingerprint density at radius 2 is 1.00 bits per heavy atom. The van der Waals surface area contributed by atoms with Crippen molar-refractivity contribution < 1.29 is 0 Å². The lowest BCUT2D eigenvalue weighted by Gasteiger charge is -2.22. The fourth-order valence-corrected chi connectivity index (χ4v) is 3.43. The molecule has 0 aliphatic heterocycles. The Balaban J connectivity index is 2.31. The monoisotopic (exact) mass is 314 g/mol. The van der Waals surface area contributed by atoms with E-state index in [1.807, 2.05) is 0 Å². The average molecular weight is 314 g/mol. The van der Waals surface area contributed by atoms with Gasteiger partial charge in [0.15, 0.2) is 0 Å². The summed E-state index contributed by atoms with van der Waals surface area (Å²) < 4.78 is 0. The SMILES string of the molecule is CC(C)c1cccc(C(C)C)c1-c1ccccc1-c1ccccc1. The van der Waals surface area contributed by atoms with Crippen LogP contribution >= 0.6 is 0 Å². The van der Waals surface area contributed by atoms with Crippen molar-refractivity contribution in [1.82, 2.24) is 0 Å². The second-order valence-corrected chi connectivity index (χ2v) is 7.03. The fourth-order valence-electron chi connectivity index (χ4n) is 3.43. The van der Waals surface area contributed by atoms with Crippen LogP contribution in [0.3, 0.4) is 0 Å². The van der Waals surface area contributed by atoms with Gasteiger partial charge in [-0.15, -0.1) is 0 Å². The van der Waals surface area contributed by atoms with Crippen LogP contribution in [0.15, 0.2) is 72.8 Å². The highest BCUT2D eigenvalue weighted by Crippen LogP contribution is 2.40. The molecule has 0 fully saturated rings. The molecule has 3 aromatic carbocycles. The molecule has 0 unspecified atom stereocenters. The molecule has 0 nitrogen and oxygen atoms in total. The standard InChI is InChI=1S/C24H26/c1-17(2)20-15-10-16-21(18(3)4)24(20)23-14-9-8-13-22(23)19-11-6-5-7-12-19/h5-18H,1-4H3. The van der Waals surface area contributed by atoms with E-state index >= 15 is 0 Å². The molecule has 0 spiro atoms. The third-order valence-corrected chi connectivity index (χ3v) is 4.65. The molecule has 0 aromatic heterocycles. The molecule has 3 aromatic rings. The molecule has 0 bridgehead atoms. The molecule has 0 heterocycles. The van der Waals surface area contributed by atoms with Crippen LogP contribution in [-0.4, -0.2) is 0 Å². The molecule has 0 atom stereocenters. The number of hydrogen-bond donors (Lipinski definition) is 0. The molecular weight excluding hydrogens is 288 g/mol. The summed E-state index contributed by atoms with van der Waals surface area (Å²) >= 11 is 0. The summed E-state index contributed by atoms with van der Waals surface area (Å²) in [6.07, 6.45) is 0. The summed E-state index contributed by atoms with van der Waals surface area (Å²) in [7, 11) is 0. The van der Waals surface area contributed by atoms with Gasteiger partial charge in [0.2, 0.25) is 0 Å². The minimum Gasteiger partial charge on any atom is -0.0622 e. The lowest BCUT2D eigenvalue weighted by Crippen LogP contribution is -2.00. The van der Waals surface area contributed by atoms with Crippen molar-refractivity contribution in [2.45, 2.75) is 39.5 Å². The summed E-state index contributed by atoms with van der Waals surface area (Å²) in [6.45, 7) is 9.14. The Kier molecular flexibility index (Phi) is 4.85. The molecule has 0 N–H and O–H groups in total. The third-order valence-electron chi connectivity index (χ3n) is 4.65. The quantitative estimate of drug-likeness (QED) is 0.475. The Bertz CT molecular complexity index is 784. The largest absolute Gasteiger partial charge is 0.0622 e. The number of benzene rings is 3. The molecular formula is C24H26. The maximum Gasteiger partial charge on any atom is -0.00997 e. The van der Waals surface area contributed by atoms with Crippen molar-refractivity contribution in [3.05, 3.63) is 83.9 Å². The average Bonchev–Trinajstić information content (AvgIpc) is 2.61.